The standard InChI is InChI=1S/C25H24N4S/c30-25-28(19-27-17-16-22(18-27)20-10-4-1-5-11-20)26-24(21-12-6-2-7-13-21)29(25)23-14-8-3-9-15-23/h1-15,22H,16-19H2. The number of aromatic nitrogens is 3. The maximum absolute atomic E-state index is 5.89. The lowest BCUT2D eigenvalue weighted by Crippen LogP contribution is -2.24. The molecule has 0 aliphatic carbocycles. The summed E-state index contributed by atoms with van der Waals surface area (Å²) < 4.78 is 4.77. The molecule has 2 heterocycles. The van der Waals surface area contributed by atoms with Gasteiger partial charge in [0, 0.05) is 24.3 Å². The molecule has 0 N–H and O–H groups in total. The van der Waals surface area contributed by atoms with Crippen molar-refractivity contribution in [3.05, 3.63) is 101 Å². The van der Waals surface area contributed by atoms with E-state index in [1.165, 1.54) is 12.0 Å². The largest absolute Gasteiger partial charge is 0.284 e. The molecular formula is C25H24N4S. The van der Waals surface area contributed by atoms with E-state index in [0.29, 0.717) is 12.6 Å². The molecule has 0 spiro atoms. The summed E-state index contributed by atoms with van der Waals surface area (Å²) in [4.78, 5) is 2.45. The maximum atomic E-state index is 5.89. The Hall–Kier alpha value is -3.02. The molecule has 0 bridgehead atoms. The van der Waals surface area contributed by atoms with Gasteiger partial charge >= 0.3 is 0 Å². The summed E-state index contributed by atoms with van der Waals surface area (Å²) in [5, 5.41) is 4.95. The summed E-state index contributed by atoms with van der Waals surface area (Å²) in [6.07, 6.45) is 1.17. The van der Waals surface area contributed by atoms with Crippen LogP contribution in [-0.2, 0) is 6.67 Å². The molecule has 5 rings (SSSR count). The van der Waals surface area contributed by atoms with E-state index < -0.39 is 0 Å². The van der Waals surface area contributed by atoms with Crippen molar-refractivity contribution in [1.29, 1.82) is 0 Å². The highest BCUT2D eigenvalue weighted by atomic mass is 32.1. The van der Waals surface area contributed by atoms with Crippen molar-refractivity contribution in [3.63, 3.8) is 0 Å². The second-order valence-electron chi connectivity index (χ2n) is 7.76. The molecule has 1 aromatic heterocycles. The average molecular weight is 413 g/mol. The molecule has 0 radical (unpaired) electrons. The van der Waals surface area contributed by atoms with Crippen LogP contribution in [0, 0.1) is 4.77 Å². The van der Waals surface area contributed by atoms with Crippen LogP contribution in [0.1, 0.15) is 17.9 Å². The molecule has 3 aromatic carbocycles. The zero-order valence-corrected chi connectivity index (χ0v) is 17.6. The Morgan fingerprint density at radius 2 is 1.47 bits per heavy atom. The van der Waals surface area contributed by atoms with Gasteiger partial charge in [-0.15, -0.1) is 5.10 Å². The van der Waals surface area contributed by atoms with E-state index in [1.807, 2.05) is 41.1 Å². The van der Waals surface area contributed by atoms with Crippen molar-refractivity contribution in [2.45, 2.75) is 19.0 Å². The van der Waals surface area contributed by atoms with Crippen LogP contribution in [0.3, 0.4) is 0 Å². The molecule has 0 saturated carbocycles. The summed E-state index contributed by atoms with van der Waals surface area (Å²) in [7, 11) is 0. The zero-order valence-electron chi connectivity index (χ0n) is 16.8. The van der Waals surface area contributed by atoms with Gasteiger partial charge in [0.05, 0.1) is 6.67 Å². The van der Waals surface area contributed by atoms with Crippen molar-refractivity contribution in [2.24, 2.45) is 0 Å². The Morgan fingerprint density at radius 3 is 2.17 bits per heavy atom. The van der Waals surface area contributed by atoms with Gasteiger partial charge in [-0.1, -0.05) is 78.9 Å². The molecule has 5 heteroatoms. The van der Waals surface area contributed by atoms with Crippen LogP contribution in [0.4, 0.5) is 0 Å². The lowest BCUT2D eigenvalue weighted by Gasteiger charge is -2.16. The second kappa shape index (κ2) is 8.38. The summed E-state index contributed by atoms with van der Waals surface area (Å²) >= 11 is 5.89. The lowest BCUT2D eigenvalue weighted by atomic mass is 9.99. The number of rotatable bonds is 5. The summed E-state index contributed by atoms with van der Waals surface area (Å²) in [6.45, 7) is 2.80. The highest BCUT2D eigenvalue weighted by molar-refractivity contribution is 7.71. The Bertz CT molecular complexity index is 1170. The van der Waals surface area contributed by atoms with Gasteiger partial charge in [-0.05, 0) is 42.3 Å². The van der Waals surface area contributed by atoms with Crippen LogP contribution in [-0.4, -0.2) is 32.3 Å². The van der Waals surface area contributed by atoms with Gasteiger partial charge in [0.1, 0.15) is 0 Å². The molecule has 1 aliphatic rings. The molecule has 1 unspecified atom stereocenters. The minimum absolute atomic E-state index is 0.574. The van der Waals surface area contributed by atoms with Crippen molar-refractivity contribution in [2.75, 3.05) is 13.1 Å². The average Bonchev–Trinajstić information content (AvgIpc) is 3.41. The highest BCUT2D eigenvalue weighted by Gasteiger charge is 2.25. The quantitative estimate of drug-likeness (QED) is 0.404. The molecule has 1 aliphatic heterocycles. The van der Waals surface area contributed by atoms with Crippen LogP contribution in [0.15, 0.2) is 91.0 Å². The Labute approximate surface area is 182 Å². The lowest BCUT2D eigenvalue weighted by molar-refractivity contribution is 0.250. The van der Waals surface area contributed by atoms with Gasteiger partial charge in [0.2, 0.25) is 4.77 Å². The van der Waals surface area contributed by atoms with Gasteiger partial charge in [-0.25, -0.2) is 4.68 Å². The first-order chi connectivity index (χ1) is 14.8. The van der Waals surface area contributed by atoms with E-state index >= 15 is 0 Å². The van der Waals surface area contributed by atoms with Gasteiger partial charge in [0.25, 0.3) is 0 Å². The first-order valence-corrected chi connectivity index (χ1v) is 10.8. The fraction of sp³-hybridized carbons (Fsp3) is 0.200. The van der Waals surface area contributed by atoms with Crippen LogP contribution < -0.4 is 0 Å². The van der Waals surface area contributed by atoms with E-state index in [-0.39, 0.29) is 0 Å². The third-order valence-corrected chi connectivity index (χ3v) is 6.16. The number of hydrogen-bond acceptors (Lipinski definition) is 3. The van der Waals surface area contributed by atoms with Gasteiger partial charge in [-0.3, -0.25) is 9.47 Å². The molecule has 30 heavy (non-hydrogen) atoms. The Balaban J connectivity index is 1.46. The number of likely N-dealkylation sites (tertiary alicyclic amines) is 1. The molecule has 0 amide bonds. The fourth-order valence-corrected chi connectivity index (χ4v) is 4.52. The van der Waals surface area contributed by atoms with E-state index in [2.05, 4.69) is 64.1 Å². The first kappa shape index (κ1) is 19.0. The van der Waals surface area contributed by atoms with Crippen molar-refractivity contribution >= 4 is 12.2 Å². The molecule has 4 nitrogen and oxygen atoms in total. The van der Waals surface area contributed by atoms with E-state index in [1.54, 1.807) is 0 Å². The third-order valence-electron chi connectivity index (χ3n) is 5.76. The molecular weight excluding hydrogens is 388 g/mol. The number of hydrogen-bond donors (Lipinski definition) is 0. The van der Waals surface area contributed by atoms with Gasteiger partial charge in [0.15, 0.2) is 5.82 Å². The zero-order chi connectivity index (χ0) is 20.3. The van der Waals surface area contributed by atoms with Crippen molar-refractivity contribution in [1.82, 2.24) is 19.2 Å². The van der Waals surface area contributed by atoms with Gasteiger partial charge < -0.3 is 0 Å². The summed E-state index contributed by atoms with van der Waals surface area (Å²) in [6, 6.07) is 31.3. The molecule has 1 saturated heterocycles. The Kier molecular flexibility index (Phi) is 5.30. The van der Waals surface area contributed by atoms with Crippen molar-refractivity contribution < 1.29 is 0 Å². The molecule has 1 atom stereocenters. The van der Waals surface area contributed by atoms with Gasteiger partial charge in [-0.2, -0.15) is 0 Å². The fourth-order valence-electron chi connectivity index (χ4n) is 4.23. The SMILES string of the molecule is S=c1n(CN2CCC(c3ccccc3)C2)nc(-c2ccccc2)n1-c1ccccc1. The van der Waals surface area contributed by atoms with Crippen LogP contribution in [0.5, 0.6) is 0 Å². The summed E-state index contributed by atoms with van der Waals surface area (Å²) in [5.41, 5.74) is 3.52. The number of para-hydroxylation sites is 1. The van der Waals surface area contributed by atoms with E-state index in [4.69, 9.17) is 17.3 Å². The number of nitrogens with zero attached hydrogens (tertiary/aromatic N) is 4. The second-order valence-corrected chi connectivity index (χ2v) is 8.12. The Morgan fingerprint density at radius 1 is 0.833 bits per heavy atom. The van der Waals surface area contributed by atoms with Crippen LogP contribution >= 0.6 is 12.2 Å². The van der Waals surface area contributed by atoms with E-state index in [9.17, 15) is 0 Å². The molecule has 150 valence electrons. The minimum atomic E-state index is 0.574. The molecule has 4 aromatic rings. The van der Waals surface area contributed by atoms with Crippen LogP contribution in [0.25, 0.3) is 17.1 Å². The minimum Gasteiger partial charge on any atom is -0.284 e. The predicted octanol–water partition coefficient (Wildman–Crippen LogP) is 5.52. The summed E-state index contributed by atoms with van der Waals surface area (Å²) in [5.74, 6) is 1.45. The number of benzene rings is 3. The smallest absolute Gasteiger partial charge is 0.204 e. The first-order valence-electron chi connectivity index (χ1n) is 10.4. The van der Waals surface area contributed by atoms with Crippen LogP contribution in [0.2, 0.25) is 0 Å². The monoisotopic (exact) mass is 412 g/mol. The third kappa shape index (κ3) is 3.74. The highest BCUT2D eigenvalue weighted by Crippen LogP contribution is 2.28. The maximum Gasteiger partial charge on any atom is 0.204 e. The molecule has 1 fully saturated rings. The predicted molar refractivity (Wildman–Crippen MR) is 123 cm³/mol. The topological polar surface area (TPSA) is 26.0 Å². The van der Waals surface area contributed by atoms with Crippen molar-refractivity contribution in [3.8, 4) is 17.1 Å². The normalized spacial score (nSPS) is 16.7. The van der Waals surface area contributed by atoms with E-state index in [0.717, 1.165) is 34.9 Å².